The number of carbonyl (C=O) groups excluding carboxylic acids is 1. The number of hydrogen-bond donors (Lipinski definition) is 2. The third-order valence-electron chi connectivity index (χ3n) is 4.87. The zero-order chi connectivity index (χ0) is 25.0. The van der Waals surface area contributed by atoms with Crippen molar-refractivity contribution in [3.05, 3.63) is 96.4 Å². The van der Waals surface area contributed by atoms with Crippen LogP contribution in [-0.4, -0.2) is 32.5 Å². The molecule has 10 heteroatoms. The number of nitrogens with one attached hydrogen (secondary N) is 1. The Morgan fingerprint density at radius 1 is 0.943 bits per heavy atom. The first-order valence-electron chi connectivity index (χ1n) is 10.1. The average Bonchev–Trinajstić information content (AvgIpc) is 2.84. The summed E-state index contributed by atoms with van der Waals surface area (Å²) >= 11 is 4.75. The molecule has 4 aromatic rings. The number of benzene rings is 2. The maximum atomic E-state index is 12.9. The van der Waals surface area contributed by atoms with Crippen LogP contribution in [-0.2, 0) is 0 Å². The molecule has 0 spiro atoms. The number of ether oxygens (including phenoxy) is 1. The van der Waals surface area contributed by atoms with Crippen molar-refractivity contribution in [2.45, 2.75) is 5.57 Å². The SMILES string of the molecule is O=C(O)c1ccc(-c2ncc(C(=O)Nc3ccc(OC(F)(F)Cl)cc3)cc2-c2cccnc2)cc1. The van der Waals surface area contributed by atoms with Crippen LogP contribution in [0.4, 0.5) is 14.5 Å². The van der Waals surface area contributed by atoms with Crippen LogP contribution >= 0.6 is 11.6 Å². The molecule has 2 N–H and O–H groups in total. The normalized spacial score (nSPS) is 11.1. The number of amides is 1. The van der Waals surface area contributed by atoms with Gasteiger partial charge in [0.25, 0.3) is 5.91 Å². The Bertz CT molecular complexity index is 1360. The molecule has 0 atom stereocenters. The van der Waals surface area contributed by atoms with Gasteiger partial charge in [0.05, 0.1) is 16.8 Å². The summed E-state index contributed by atoms with van der Waals surface area (Å²) < 4.78 is 29.8. The molecule has 2 aromatic carbocycles. The molecule has 35 heavy (non-hydrogen) atoms. The zero-order valence-electron chi connectivity index (χ0n) is 17.8. The van der Waals surface area contributed by atoms with Gasteiger partial charge in [0, 0.05) is 52.6 Å². The van der Waals surface area contributed by atoms with E-state index in [0.717, 1.165) is 0 Å². The Balaban J connectivity index is 1.63. The second kappa shape index (κ2) is 9.86. The number of rotatable bonds is 7. The minimum absolute atomic E-state index is 0.138. The van der Waals surface area contributed by atoms with E-state index in [1.165, 1.54) is 42.6 Å². The molecule has 176 valence electrons. The van der Waals surface area contributed by atoms with E-state index in [1.807, 2.05) is 6.07 Å². The van der Waals surface area contributed by atoms with Crippen molar-refractivity contribution in [1.82, 2.24) is 9.97 Å². The molecule has 0 bridgehead atoms. The van der Waals surface area contributed by atoms with Crippen LogP contribution in [0.3, 0.4) is 0 Å². The molecule has 1 amide bonds. The number of nitrogens with zero attached hydrogens (tertiary/aromatic N) is 2. The van der Waals surface area contributed by atoms with E-state index in [2.05, 4.69) is 20.0 Å². The number of anilines is 1. The molecule has 0 saturated carbocycles. The Morgan fingerprint density at radius 3 is 2.26 bits per heavy atom. The summed E-state index contributed by atoms with van der Waals surface area (Å²) in [6, 6.07) is 16.7. The maximum Gasteiger partial charge on any atom is 0.487 e. The average molecular weight is 496 g/mol. The first kappa shape index (κ1) is 23.8. The fourth-order valence-corrected chi connectivity index (χ4v) is 3.36. The second-order valence-corrected chi connectivity index (χ2v) is 7.71. The fourth-order valence-electron chi connectivity index (χ4n) is 3.27. The number of halogens is 3. The highest BCUT2D eigenvalue weighted by Gasteiger charge is 2.27. The summed E-state index contributed by atoms with van der Waals surface area (Å²) in [6.07, 6.45) is 4.63. The number of carboxylic acids is 1. The lowest BCUT2D eigenvalue weighted by atomic mass is 9.98. The quantitative estimate of drug-likeness (QED) is 0.308. The van der Waals surface area contributed by atoms with Crippen molar-refractivity contribution in [3.63, 3.8) is 0 Å². The van der Waals surface area contributed by atoms with E-state index in [0.29, 0.717) is 28.1 Å². The summed E-state index contributed by atoms with van der Waals surface area (Å²) in [7, 11) is 0. The number of aromatic carboxylic acids is 1. The minimum Gasteiger partial charge on any atom is -0.478 e. The number of carbonyl (C=O) groups is 2. The van der Waals surface area contributed by atoms with Crippen LogP contribution in [0.2, 0.25) is 0 Å². The lowest BCUT2D eigenvalue weighted by Gasteiger charge is -2.13. The first-order valence-corrected chi connectivity index (χ1v) is 10.5. The summed E-state index contributed by atoms with van der Waals surface area (Å²) in [5, 5.41) is 11.8. The van der Waals surface area contributed by atoms with Crippen LogP contribution < -0.4 is 10.1 Å². The minimum atomic E-state index is -3.84. The number of aromatic nitrogens is 2. The molecule has 0 saturated heterocycles. The molecule has 0 fully saturated rings. The van der Waals surface area contributed by atoms with E-state index in [4.69, 9.17) is 16.7 Å². The Morgan fingerprint density at radius 2 is 1.66 bits per heavy atom. The molecule has 0 unspecified atom stereocenters. The Kier molecular flexibility index (Phi) is 6.70. The van der Waals surface area contributed by atoms with E-state index in [9.17, 15) is 18.4 Å². The van der Waals surface area contributed by atoms with Gasteiger partial charge in [0.15, 0.2) is 0 Å². The van der Waals surface area contributed by atoms with Crippen LogP contribution in [0.15, 0.2) is 85.3 Å². The third kappa shape index (κ3) is 5.96. The van der Waals surface area contributed by atoms with Gasteiger partial charge in [-0.1, -0.05) is 18.2 Å². The van der Waals surface area contributed by atoms with Crippen molar-refractivity contribution in [3.8, 4) is 28.1 Å². The third-order valence-corrected chi connectivity index (χ3v) is 4.95. The van der Waals surface area contributed by atoms with Gasteiger partial charge in [-0.05, 0) is 48.5 Å². The maximum absolute atomic E-state index is 12.9. The summed E-state index contributed by atoms with van der Waals surface area (Å²) in [4.78, 5) is 32.6. The summed E-state index contributed by atoms with van der Waals surface area (Å²) in [6.45, 7) is 0. The van der Waals surface area contributed by atoms with Gasteiger partial charge in [-0.15, -0.1) is 8.78 Å². The molecule has 2 aromatic heterocycles. The van der Waals surface area contributed by atoms with Crippen molar-refractivity contribution in [1.29, 1.82) is 0 Å². The topological polar surface area (TPSA) is 101 Å². The van der Waals surface area contributed by atoms with Crippen LogP contribution in [0.5, 0.6) is 5.75 Å². The lowest BCUT2D eigenvalue weighted by Crippen LogP contribution is -2.16. The first-order chi connectivity index (χ1) is 16.7. The second-order valence-electron chi connectivity index (χ2n) is 7.27. The molecule has 0 aliphatic rings. The van der Waals surface area contributed by atoms with E-state index in [-0.39, 0.29) is 16.9 Å². The van der Waals surface area contributed by atoms with Crippen molar-refractivity contribution >= 4 is 29.2 Å². The lowest BCUT2D eigenvalue weighted by molar-refractivity contribution is -0.0964. The molecule has 0 aliphatic heterocycles. The predicted molar refractivity (Wildman–Crippen MR) is 126 cm³/mol. The molecule has 4 rings (SSSR count). The Labute approximate surface area is 203 Å². The highest BCUT2D eigenvalue weighted by atomic mass is 35.5. The van der Waals surface area contributed by atoms with Gasteiger partial charge in [-0.2, -0.15) is 0 Å². The number of carboxylic acid groups (broad SMARTS) is 1. The predicted octanol–water partition coefficient (Wildman–Crippen LogP) is 5.93. The molecule has 0 radical (unpaired) electrons. The molecular weight excluding hydrogens is 480 g/mol. The van der Waals surface area contributed by atoms with Gasteiger partial charge in [-0.3, -0.25) is 14.8 Å². The molecule has 7 nitrogen and oxygen atoms in total. The van der Waals surface area contributed by atoms with E-state index >= 15 is 0 Å². The van der Waals surface area contributed by atoms with E-state index < -0.39 is 17.4 Å². The molecule has 0 aliphatic carbocycles. The van der Waals surface area contributed by atoms with Gasteiger partial charge >= 0.3 is 11.5 Å². The van der Waals surface area contributed by atoms with Crippen molar-refractivity contribution in [2.75, 3.05) is 5.32 Å². The molecular formula is C25H16ClF2N3O4. The Hall–Kier alpha value is -4.37. The monoisotopic (exact) mass is 495 g/mol. The fraction of sp³-hybridized carbons (Fsp3) is 0.0400. The largest absolute Gasteiger partial charge is 0.487 e. The standard InChI is InChI=1S/C25H16ClF2N3O4/c26-25(27,28)35-20-9-7-19(8-10-20)31-23(32)18-12-21(17-2-1-11-29-13-17)22(30-14-18)15-3-5-16(6-4-15)24(33)34/h1-14H,(H,31,32)(H,33,34). The van der Waals surface area contributed by atoms with Gasteiger partial charge in [0.1, 0.15) is 5.75 Å². The number of pyridine rings is 2. The van der Waals surface area contributed by atoms with Crippen molar-refractivity contribution < 1.29 is 28.2 Å². The highest BCUT2D eigenvalue weighted by molar-refractivity contribution is 6.20. The van der Waals surface area contributed by atoms with Gasteiger partial charge < -0.3 is 15.2 Å². The van der Waals surface area contributed by atoms with Crippen LogP contribution in [0, 0.1) is 0 Å². The van der Waals surface area contributed by atoms with Gasteiger partial charge in [-0.25, -0.2) is 4.79 Å². The highest BCUT2D eigenvalue weighted by Crippen LogP contribution is 2.31. The van der Waals surface area contributed by atoms with Crippen LogP contribution in [0.25, 0.3) is 22.4 Å². The molecule has 2 heterocycles. The summed E-state index contributed by atoms with van der Waals surface area (Å²) in [5.74, 6) is -1.69. The van der Waals surface area contributed by atoms with Crippen molar-refractivity contribution in [2.24, 2.45) is 0 Å². The van der Waals surface area contributed by atoms with E-state index in [1.54, 1.807) is 36.7 Å². The number of alkyl halides is 3. The number of hydrogen-bond acceptors (Lipinski definition) is 5. The summed E-state index contributed by atoms with van der Waals surface area (Å²) in [5.41, 5.74) is -0.605. The van der Waals surface area contributed by atoms with Gasteiger partial charge in [0.2, 0.25) is 0 Å². The smallest absolute Gasteiger partial charge is 0.478 e. The zero-order valence-corrected chi connectivity index (χ0v) is 18.5. The van der Waals surface area contributed by atoms with Crippen LogP contribution in [0.1, 0.15) is 20.7 Å².